The minimum atomic E-state index is -4.58. The molecule has 10 heteroatoms. The monoisotopic (exact) mass is 405 g/mol. The second kappa shape index (κ2) is 7.56. The number of benzene rings is 1. The first-order valence-electron chi connectivity index (χ1n) is 7.63. The lowest BCUT2D eigenvalue weighted by Crippen LogP contribution is -2.34. The predicted octanol–water partition coefficient (Wildman–Crippen LogP) is 4.21. The number of anilines is 1. The molecule has 3 N–H and O–H groups in total. The molecule has 1 aromatic carbocycles. The summed E-state index contributed by atoms with van der Waals surface area (Å²) >= 11 is 12.2. The highest BCUT2D eigenvalue weighted by Gasteiger charge is 2.35. The van der Waals surface area contributed by atoms with Crippen LogP contribution in [0.1, 0.15) is 19.4 Å². The number of nitrogens with two attached hydrogens (primary N) is 1. The van der Waals surface area contributed by atoms with E-state index >= 15 is 0 Å². The highest BCUT2D eigenvalue weighted by atomic mass is 35.5. The fourth-order valence-corrected chi connectivity index (χ4v) is 3.08. The number of hydrogen-bond acceptors (Lipinski definition) is 5. The smallest absolute Gasteiger partial charge is 0.383 e. The van der Waals surface area contributed by atoms with Gasteiger partial charge in [0.05, 0.1) is 15.6 Å². The summed E-state index contributed by atoms with van der Waals surface area (Å²) in [6, 6.07) is 3.54. The normalized spacial score (nSPS) is 16.1. The van der Waals surface area contributed by atoms with E-state index < -0.39 is 11.7 Å². The van der Waals surface area contributed by atoms with Gasteiger partial charge >= 0.3 is 6.18 Å². The Morgan fingerprint density at radius 2 is 1.81 bits per heavy atom. The minimum absolute atomic E-state index is 0.0536. The average Bonchev–Trinajstić information content (AvgIpc) is 2.86. The predicted molar refractivity (Wildman–Crippen MR) is 94.9 cm³/mol. The SMILES string of the molecule is CCN(C=C1C(C#N)=C(N)NN1c1c(Cl)cc(C(F)(F)F)cc1Cl)CC. The first kappa shape index (κ1) is 20.1. The van der Waals surface area contributed by atoms with E-state index in [4.69, 9.17) is 28.9 Å². The lowest BCUT2D eigenvalue weighted by molar-refractivity contribution is -0.137. The van der Waals surface area contributed by atoms with Crippen LogP contribution in [0.4, 0.5) is 18.9 Å². The van der Waals surface area contributed by atoms with Gasteiger partial charge in [-0.25, -0.2) is 5.01 Å². The zero-order valence-corrected chi connectivity index (χ0v) is 15.5. The van der Waals surface area contributed by atoms with Gasteiger partial charge in [-0.15, -0.1) is 0 Å². The fraction of sp³-hybridized carbons (Fsp3) is 0.312. The van der Waals surface area contributed by atoms with E-state index in [0.29, 0.717) is 18.8 Å². The number of hydrazine groups is 1. The molecule has 0 radical (unpaired) electrons. The Kier molecular flexibility index (Phi) is 5.84. The molecule has 1 aliphatic heterocycles. The third-order valence-corrected chi connectivity index (χ3v) is 4.37. The molecule has 0 saturated heterocycles. The largest absolute Gasteiger partial charge is 0.416 e. The van der Waals surface area contributed by atoms with Gasteiger partial charge in [-0.1, -0.05) is 23.2 Å². The van der Waals surface area contributed by atoms with Crippen LogP contribution in [0.25, 0.3) is 0 Å². The number of alkyl halides is 3. The van der Waals surface area contributed by atoms with Gasteiger partial charge in [0, 0.05) is 19.3 Å². The molecule has 0 spiro atoms. The summed E-state index contributed by atoms with van der Waals surface area (Å²) in [4.78, 5) is 1.89. The van der Waals surface area contributed by atoms with Crippen molar-refractivity contribution in [3.05, 3.63) is 51.0 Å². The van der Waals surface area contributed by atoms with Crippen molar-refractivity contribution >= 4 is 28.9 Å². The van der Waals surface area contributed by atoms with Crippen molar-refractivity contribution in [1.82, 2.24) is 10.3 Å². The molecular weight excluding hydrogens is 390 g/mol. The van der Waals surface area contributed by atoms with Gasteiger partial charge in [-0.2, -0.15) is 18.4 Å². The van der Waals surface area contributed by atoms with Gasteiger partial charge in [0.25, 0.3) is 0 Å². The topological polar surface area (TPSA) is 68.3 Å². The summed E-state index contributed by atoms with van der Waals surface area (Å²) in [6.07, 6.45) is -2.91. The summed E-state index contributed by atoms with van der Waals surface area (Å²) in [5.74, 6) is 0.0536. The highest BCUT2D eigenvalue weighted by molar-refractivity contribution is 6.39. The van der Waals surface area contributed by atoms with Crippen molar-refractivity contribution in [2.24, 2.45) is 5.73 Å². The van der Waals surface area contributed by atoms with Crippen LogP contribution in [-0.4, -0.2) is 18.0 Å². The summed E-state index contributed by atoms with van der Waals surface area (Å²) < 4.78 is 38.8. The molecule has 1 heterocycles. The Labute approximate surface area is 159 Å². The third kappa shape index (κ3) is 3.79. The number of rotatable bonds is 4. The van der Waals surface area contributed by atoms with Crippen LogP contribution in [0.5, 0.6) is 0 Å². The Bertz CT molecular complexity index is 784. The van der Waals surface area contributed by atoms with E-state index in [9.17, 15) is 18.4 Å². The number of halogens is 5. The van der Waals surface area contributed by atoms with Crippen molar-refractivity contribution in [1.29, 1.82) is 5.26 Å². The molecule has 1 aromatic rings. The van der Waals surface area contributed by atoms with Crippen LogP contribution in [0.2, 0.25) is 10.0 Å². The minimum Gasteiger partial charge on any atom is -0.383 e. The maximum Gasteiger partial charge on any atom is 0.416 e. The molecule has 5 nitrogen and oxygen atoms in total. The second-order valence-electron chi connectivity index (χ2n) is 5.37. The third-order valence-electron chi connectivity index (χ3n) is 3.80. The molecule has 0 atom stereocenters. The first-order valence-corrected chi connectivity index (χ1v) is 8.38. The standard InChI is InChI=1S/C16H16Cl2F3N5/c1-3-25(4-2)8-13-10(7-22)15(23)24-26(13)14-11(17)5-9(6-12(14)18)16(19,20)21/h5-6,8,24H,3-4,23H2,1-2H3. The van der Waals surface area contributed by atoms with E-state index in [2.05, 4.69) is 5.43 Å². The van der Waals surface area contributed by atoms with Crippen molar-refractivity contribution < 1.29 is 13.2 Å². The summed E-state index contributed by atoms with van der Waals surface area (Å²) in [7, 11) is 0. The Morgan fingerprint density at radius 1 is 1.27 bits per heavy atom. The van der Waals surface area contributed by atoms with E-state index in [0.717, 1.165) is 12.1 Å². The van der Waals surface area contributed by atoms with Crippen LogP contribution in [0.15, 0.2) is 35.4 Å². The molecule has 1 aliphatic rings. The van der Waals surface area contributed by atoms with E-state index in [1.54, 1.807) is 6.20 Å². The van der Waals surface area contributed by atoms with Crippen LogP contribution in [0, 0.1) is 11.3 Å². The number of hydrogen-bond donors (Lipinski definition) is 2. The fourth-order valence-electron chi connectivity index (χ4n) is 2.42. The molecule has 0 unspecified atom stereocenters. The Hall–Kier alpha value is -2.24. The molecule has 2 rings (SSSR count). The van der Waals surface area contributed by atoms with Crippen LogP contribution < -0.4 is 16.2 Å². The van der Waals surface area contributed by atoms with Gasteiger partial charge in [0.15, 0.2) is 0 Å². The highest BCUT2D eigenvalue weighted by Crippen LogP contribution is 2.42. The van der Waals surface area contributed by atoms with Crippen LogP contribution >= 0.6 is 23.2 Å². The number of nitriles is 1. The number of nitrogens with zero attached hydrogens (tertiary/aromatic N) is 3. The van der Waals surface area contributed by atoms with Gasteiger partial charge in [0.1, 0.15) is 28.8 Å². The Balaban J connectivity index is 2.59. The maximum atomic E-state index is 12.9. The van der Waals surface area contributed by atoms with E-state index in [1.165, 1.54) is 5.01 Å². The zero-order valence-electron chi connectivity index (χ0n) is 14.0. The summed E-state index contributed by atoms with van der Waals surface area (Å²) in [5.41, 5.74) is 8.18. The lowest BCUT2D eigenvalue weighted by atomic mass is 10.1. The number of allylic oxidation sites excluding steroid dienone is 1. The molecular formula is C16H16Cl2F3N5. The molecule has 0 fully saturated rings. The lowest BCUT2D eigenvalue weighted by Gasteiger charge is -2.26. The molecule has 26 heavy (non-hydrogen) atoms. The molecule has 0 saturated carbocycles. The van der Waals surface area contributed by atoms with Crippen molar-refractivity contribution in [3.8, 4) is 6.07 Å². The van der Waals surface area contributed by atoms with Crippen LogP contribution in [-0.2, 0) is 6.18 Å². The van der Waals surface area contributed by atoms with Gasteiger partial charge in [-0.05, 0) is 26.0 Å². The zero-order chi connectivity index (χ0) is 19.6. The molecule has 0 bridgehead atoms. The van der Waals surface area contributed by atoms with E-state index in [1.807, 2.05) is 24.8 Å². The summed E-state index contributed by atoms with van der Waals surface area (Å²) in [6.45, 7) is 5.15. The van der Waals surface area contributed by atoms with E-state index in [-0.39, 0.29) is 27.1 Å². The second-order valence-corrected chi connectivity index (χ2v) is 6.18. The quantitative estimate of drug-likeness (QED) is 0.784. The average molecular weight is 406 g/mol. The van der Waals surface area contributed by atoms with Gasteiger partial charge in [-0.3, -0.25) is 5.43 Å². The number of nitrogens with one attached hydrogen (secondary N) is 1. The Morgan fingerprint density at radius 3 is 2.23 bits per heavy atom. The van der Waals surface area contributed by atoms with Gasteiger partial charge < -0.3 is 10.6 Å². The maximum absolute atomic E-state index is 12.9. The van der Waals surface area contributed by atoms with Crippen LogP contribution in [0.3, 0.4) is 0 Å². The van der Waals surface area contributed by atoms with Crippen molar-refractivity contribution in [3.63, 3.8) is 0 Å². The molecule has 140 valence electrons. The molecule has 0 aromatic heterocycles. The van der Waals surface area contributed by atoms with Crippen molar-refractivity contribution in [2.45, 2.75) is 20.0 Å². The summed E-state index contributed by atoms with van der Waals surface area (Å²) in [5, 5.41) is 10.3. The molecule has 0 amide bonds. The molecule has 0 aliphatic carbocycles. The van der Waals surface area contributed by atoms with Gasteiger partial charge in [0.2, 0.25) is 0 Å². The first-order chi connectivity index (χ1) is 12.1. The van der Waals surface area contributed by atoms with Crippen molar-refractivity contribution in [2.75, 3.05) is 18.1 Å².